The second kappa shape index (κ2) is 8.73. The maximum absolute atomic E-state index is 14.0. The van der Waals surface area contributed by atoms with Gasteiger partial charge in [0.2, 0.25) is 10.9 Å². The average molecular weight is 475 g/mol. The fraction of sp³-hybridized carbons (Fsp3) is 0.389. The number of benzene rings is 1. The lowest BCUT2D eigenvalue weighted by Crippen LogP contribution is -2.48. The van der Waals surface area contributed by atoms with Crippen molar-refractivity contribution in [2.75, 3.05) is 32.8 Å². The Morgan fingerprint density at radius 1 is 1.21 bits per heavy atom. The van der Waals surface area contributed by atoms with Crippen LogP contribution < -0.4 is 0 Å². The first-order chi connectivity index (χ1) is 13.3. The van der Waals surface area contributed by atoms with Gasteiger partial charge in [0.05, 0.1) is 6.61 Å². The van der Waals surface area contributed by atoms with Crippen molar-refractivity contribution in [1.29, 1.82) is 0 Å². The van der Waals surface area contributed by atoms with Crippen molar-refractivity contribution in [3.63, 3.8) is 0 Å². The predicted molar refractivity (Wildman–Crippen MR) is 103 cm³/mol. The lowest BCUT2D eigenvalue weighted by molar-refractivity contribution is 0.0483. The highest BCUT2D eigenvalue weighted by Gasteiger charge is 2.32. The molecular formula is C18H20BrFN2O5S. The molecule has 0 aliphatic carbocycles. The second-order valence-electron chi connectivity index (χ2n) is 6.26. The molecule has 0 spiro atoms. The summed E-state index contributed by atoms with van der Waals surface area (Å²) < 4.78 is 51.4. The molecule has 0 unspecified atom stereocenters. The van der Waals surface area contributed by atoms with E-state index in [4.69, 9.17) is 9.15 Å². The van der Waals surface area contributed by atoms with Crippen molar-refractivity contribution < 1.29 is 26.8 Å². The van der Waals surface area contributed by atoms with Gasteiger partial charge in [0.25, 0.3) is 10.0 Å². The van der Waals surface area contributed by atoms with Crippen LogP contribution in [0.1, 0.15) is 23.0 Å². The molecule has 0 N–H and O–H groups in total. The molecule has 1 aliphatic heterocycles. The summed E-state index contributed by atoms with van der Waals surface area (Å²) in [5, 5.41) is -0.289. The summed E-state index contributed by atoms with van der Waals surface area (Å²) in [7, 11) is -3.85. The summed E-state index contributed by atoms with van der Waals surface area (Å²) in [6.07, 6.45) is 0. The number of sulfonamides is 1. The molecule has 1 saturated heterocycles. The second-order valence-corrected chi connectivity index (χ2v) is 9.04. The summed E-state index contributed by atoms with van der Waals surface area (Å²) >= 11 is 3.23. The van der Waals surface area contributed by atoms with Gasteiger partial charge in [0.15, 0.2) is 0 Å². The van der Waals surface area contributed by atoms with Gasteiger partial charge in [0, 0.05) is 42.8 Å². The van der Waals surface area contributed by atoms with E-state index in [1.54, 1.807) is 19.1 Å². The number of hydrogen-bond donors (Lipinski definition) is 0. The zero-order valence-corrected chi connectivity index (χ0v) is 17.6. The number of ether oxygens (including phenoxy) is 1. The molecule has 0 atom stereocenters. The fourth-order valence-electron chi connectivity index (χ4n) is 2.92. The molecule has 0 amide bonds. The Labute approximate surface area is 171 Å². The highest BCUT2D eigenvalue weighted by Crippen LogP contribution is 2.22. The van der Waals surface area contributed by atoms with Crippen LogP contribution in [0.3, 0.4) is 0 Å². The predicted octanol–water partition coefficient (Wildman–Crippen LogP) is 2.86. The maximum Gasteiger partial charge on any atom is 0.374 e. The third kappa shape index (κ3) is 4.62. The first-order valence-electron chi connectivity index (χ1n) is 8.74. The molecule has 2 heterocycles. The first kappa shape index (κ1) is 21.0. The molecule has 1 fully saturated rings. The van der Waals surface area contributed by atoms with Crippen LogP contribution >= 0.6 is 15.9 Å². The summed E-state index contributed by atoms with van der Waals surface area (Å²) in [4.78, 5) is 13.7. The Bertz CT molecular complexity index is 955. The minimum atomic E-state index is -3.85. The normalized spacial score (nSPS) is 16.2. The molecule has 28 heavy (non-hydrogen) atoms. The highest BCUT2D eigenvalue weighted by molar-refractivity contribution is 9.10. The Kier molecular flexibility index (Phi) is 6.54. The first-order valence-corrected chi connectivity index (χ1v) is 11.0. The molecule has 1 aliphatic rings. The Morgan fingerprint density at radius 2 is 1.93 bits per heavy atom. The smallest absolute Gasteiger partial charge is 0.374 e. The molecule has 152 valence electrons. The molecule has 0 radical (unpaired) electrons. The average Bonchev–Trinajstić information content (AvgIpc) is 3.16. The van der Waals surface area contributed by atoms with Crippen LogP contribution in [0, 0.1) is 5.82 Å². The number of piperazine rings is 1. The Hall–Kier alpha value is -1.75. The van der Waals surface area contributed by atoms with Crippen LogP contribution in [0.15, 0.2) is 44.3 Å². The molecule has 0 bridgehead atoms. The zero-order valence-electron chi connectivity index (χ0n) is 15.2. The lowest BCUT2D eigenvalue weighted by Gasteiger charge is -2.33. The van der Waals surface area contributed by atoms with E-state index in [9.17, 15) is 17.6 Å². The number of hydrogen-bond acceptors (Lipinski definition) is 6. The highest BCUT2D eigenvalue weighted by atomic mass is 79.9. The van der Waals surface area contributed by atoms with Crippen molar-refractivity contribution >= 4 is 31.9 Å². The van der Waals surface area contributed by atoms with E-state index in [0.29, 0.717) is 29.7 Å². The minimum absolute atomic E-state index is 0.148. The number of carbonyl (C=O) groups is 1. The van der Waals surface area contributed by atoms with E-state index >= 15 is 0 Å². The van der Waals surface area contributed by atoms with E-state index in [-0.39, 0.29) is 36.4 Å². The van der Waals surface area contributed by atoms with Crippen molar-refractivity contribution in [1.82, 2.24) is 9.21 Å². The van der Waals surface area contributed by atoms with Gasteiger partial charge in [-0.25, -0.2) is 17.6 Å². The molecule has 3 rings (SSSR count). The van der Waals surface area contributed by atoms with E-state index in [2.05, 4.69) is 15.9 Å². The lowest BCUT2D eigenvalue weighted by atomic mass is 10.2. The standard InChI is InChI=1S/C18H20BrFN2O5S/c1-2-26-18(23)16-5-6-17(27-16)28(24,25)22-9-7-21(8-10-22)12-13-3-4-14(19)11-15(13)20/h3-6,11H,2,7-10,12H2,1H3. The Morgan fingerprint density at radius 3 is 2.57 bits per heavy atom. The summed E-state index contributed by atoms with van der Waals surface area (Å²) in [5.74, 6) is -1.15. The molecule has 1 aromatic carbocycles. The number of carbonyl (C=O) groups excluding carboxylic acids is 1. The van der Waals surface area contributed by atoms with Crippen molar-refractivity contribution in [3.05, 3.63) is 51.9 Å². The van der Waals surface area contributed by atoms with E-state index < -0.39 is 16.0 Å². The topological polar surface area (TPSA) is 80.1 Å². The number of rotatable bonds is 6. The zero-order chi connectivity index (χ0) is 20.3. The maximum atomic E-state index is 14.0. The van der Waals surface area contributed by atoms with Gasteiger partial charge >= 0.3 is 5.97 Å². The van der Waals surface area contributed by atoms with Crippen molar-refractivity contribution in [2.24, 2.45) is 0 Å². The monoisotopic (exact) mass is 474 g/mol. The fourth-order valence-corrected chi connectivity index (χ4v) is 4.58. The molecule has 1 aromatic heterocycles. The Balaban J connectivity index is 1.63. The summed E-state index contributed by atoms with van der Waals surface area (Å²) in [5.41, 5.74) is 0.560. The van der Waals surface area contributed by atoms with Gasteiger partial charge in [-0.1, -0.05) is 22.0 Å². The van der Waals surface area contributed by atoms with Gasteiger partial charge in [-0.2, -0.15) is 4.31 Å². The van der Waals surface area contributed by atoms with E-state index in [1.165, 1.54) is 22.5 Å². The van der Waals surface area contributed by atoms with Crippen LogP contribution in [0.2, 0.25) is 0 Å². The van der Waals surface area contributed by atoms with E-state index in [0.717, 1.165) is 0 Å². The third-order valence-corrected chi connectivity index (χ3v) is 6.66. The van der Waals surface area contributed by atoms with Gasteiger partial charge in [-0.05, 0) is 31.2 Å². The number of nitrogens with zero attached hydrogens (tertiary/aromatic N) is 2. The largest absolute Gasteiger partial charge is 0.460 e. The SMILES string of the molecule is CCOC(=O)c1ccc(S(=O)(=O)N2CCN(Cc3ccc(Br)cc3F)CC2)o1. The van der Waals surface area contributed by atoms with Crippen LogP contribution in [0.4, 0.5) is 4.39 Å². The van der Waals surface area contributed by atoms with Gasteiger partial charge < -0.3 is 9.15 Å². The van der Waals surface area contributed by atoms with Crippen LogP contribution in [-0.4, -0.2) is 56.4 Å². The van der Waals surface area contributed by atoms with Crippen LogP contribution in [0.25, 0.3) is 0 Å². The summed E-state index contributed by atoms with van der Waals surface area (Å²) in [6.45, 7) is 3.63. The molecule has 10 heteroatoms. The number of halogens is 2. The number of furan rings is 1. The van der Waals surface area contributed by atoms with E-state index in [1.807, 2.05) is 4.90 Å². The number of esters is 1. The minimum Gasteiger partial charge on any atom is -0.460 e. The molecular weight excluding hydrogens is 455 g/mol. The van der Waals surface area contributed by atoms with Gasteiger partial charge in [-0.15, -0.1) is 0 Å². The molecule has 2 aromatic rings. The van der Waals surface area contributed by atoms with Gasteiger partial charge in [-0.3, -0.25) is 4.90 Å². The third-order valence-electron chi connectivity index (χ3n) is 4.39. The van der Waals surface area contributed by atoms with Crippen molar-refractivity contribution in [3.8, 4) is 0 Å². The quantitative estimate of drug-likeness (QED) is 0.598. The molecule has 0 saturated carbocycles. The van der Waals surface area contributed by atoms with Crippen LogP contribution in [-0.2, 0) is 21.3 Å². The molecule has 7 nitrogen and oxygen atoms in total. The summed E-state index contributed by atoms with van der Waals surface area (Å²) in [6, 6.07) is 7.44. The van der Waals surface area contributed by atoms with Gasteiger partial charge in [0.1, 0.15) is 5.82 Å². The van der Waals surface area contributed by atoms with Crippen molar-refractivity contribution in [2.45, 2.75) is 18.6 Å². The van der Waals surface area contributed by atoms with Crippen LogP contribution in [0.5, 0.6) is 0 Å².